The maximum absolute atomic E-state index is 5.26. The molecule has 0 saturated heterocycles. The summed E-state index contributed by atoms with van der Waals surface area (Å²) in [5.74, 6) is 0.899. The molecule has 0 saturated carbocycles. The van der Waals surface area contributed by atoms with Gasteiger partial charge in [0.25, 0.3) is 0 Å². The Kier molecular flexibility index (Phi) is 5.99. The third kappa shape index (κ3) is 4.12. The molecule has 0 N–H and O–H groups in total. The minimum absolute atomic E-state index is 0.140. The van der Waals surface area contributed by atoms with Gasteiger partial charge in [0.15, 0.2) is 0 Å². The summed E-state index contributed by atoms with van der Waals surface area (Å²) in [4.78, 5) is 12.8. The maximum Gasteiger partial charge on any atom is 0.145 e. The normalized spacial score (nSPS) is 13.6. The molecule has 4 nitrogen and oxygen atoms in total. The molecule has 2 aromatic heterocycles. The summed E-state index contributed by atoms with van der Waals surface area (Å²) in [7, 11) is 0. The van der Waals surface area contributed by atoms with E-state index in [1.54, 1.807) is 11.3 Å². The maximum atomic E-state index is 5.26. The molecule has 0 bridgehead atoms. The van der Waals surface area contributed by atoms with Crippen LogP contribution in [-0.4, -0.2) is 14.5 Å². The predicted octanol–water partition coefficient (Wildman–Crippen LogP) is 11.1. The van der Waals surface area contributed by atoms with E-state index in [1.807, 2.05) is 0 Å². The minimum atomic E-state index is -0.140. The second kappa shape index (κ2) is 10.3. The van der Waals surface area contributed by atoms with Crippen LogP contribution in [-0.2, 0) is 5.41 Å². The van der Waals surface area contributed by atoms with Crippen LogP contribution < -0.4 is 4.90 Å². The van der Waals surface area contributed by atoms with Crippen molar-refractivity contribution in [2.24, 2.45) is 0 Å². The molecule has 5 heteroatoms. The summed E-state index contributed by atoms with van der Waals surface area (Å²) in [6.07, 6.45) is 0. The van der Waals surface area contributed by atoms with Crippen LogP contribution in [0.2, 0.25) is 0 Å². The van der Waals surface area contributed by atoms with E-state index < -0.39 is 0 Å². The van der Waals surface area contributed by atoms with Crippen molar-refractivity contribution >= 4 is 49.6 Å². The number of thiazole rings is 1. The molecular formula is C41H30N4S. The van der Waals surface area contributed by atoms with Crippen LogP contribution in [0.15, 0.2) is 146 Å². The van der Waals surface area contributed by atoms with E-state index in [2.05, 4.69) is 169 Å². The Labute approximate surface area is 271 Å². The molecule has 0 atom stereocenters. The number of nitrogens with zero attached hydrogens (tertiary/aromatic N) is 4. The van der Waals surface area contributed by atoms with Gasteiger partial charge < -0.3 is 4.90 Å². The van der Waals surface area contributed by atoms with Gasteiger partial charge >= 0.3 is 0 Å². The zero-order valence-electron chi connectivity index (χ0n) is 25.6. The van der Waals surface area contributed by atoms with Crippen molar-refractivity contribution in [1.82, 2.24) is 14.5 Å². The molecule has 46 heavy (non-hydrogen) atoms. The Bertz CT molecular complexity index is 2340. The van der Waals surface area contributed by atoms with Crippen molar-refractivity contribution in [2.45, 2.75) is 19.3 Å². The highest BCUT2D eigenvalue weighted by Gasteiger charge is 2.36. The average molecular weight is 611 g/mol. The van der Waals surface area contributed by atoms with E-state index in [4.69, 9.17) is 9.97 Å². The average Bonchev–Trinajstić information content (AvgIpc) is 3.71. The van der Waals surface area contributed by atoms with Gasteiger partial charge in [-0.2, -0.15) is 0 Å². The highest BCUT2D eigenvalue weighted by atomic mass is 32.1. The lowest BCUT2D eigenvalue weighted by Gasteiger charge is -2.42. The first kappa shape index (κ1) is 26.8. The van der Waals surface area contributed by atoms with Crippen LogP contribution in [0.1, 0.15) is 25.0 Å². The largest absolute Gasteiger partial charge is 0.310 e. The molecule has 220 valence electrons. The van der Waals surface area contributed by atoms with Crippen molar-refractivity contribution in [2.75, 3.05) is 4.90 Å². The van der Waals surface area contributed by atoms with Crippen molar-refractivity contribution in [3.8, 4) is 27.6 Å². The number of fused-ring (bicyclic) bond motifs is 4. The predicted molar refractivity (Wildman–Crippen MR) is 192 cm³/mol. The second-order valence-corrected chi connectivity index (χ2v) is 13.4. The van der Waals surface area contributed by atoms with Gasteiger partial charge in [-0.1, -0.05) is 92.7 Å². The Hall–Kier alpha value is -5.52. The van der Waals surface area contributed by atoms with Gasteiger partial charge in [-0.25, -0.2) is 9.97 Å². The molecular weight excluding hydrogens is 581 g/mol. The van der Waals surface area contributed by atoms with E-state index in [0.29, 0.717) is 0 Å². The quantitative estimate of drug-likeness (QED) is 0.199. The number of para-hydroxylation sites is 6. The molecule has 6 aromatic carbocycles. The van der Waals surface area contributed by atoms with Crippen LogP contribution in [0, 0.1) is 0 Å². The number of rotatable bonds is 4. The summed E-state index contributed by atoms with van der Waals surface area (Å²) in [6, 6.07) is 51.7. The number of hydrogen-bond acceptors (Lipinski definition) is 4. The van der Waals surface area contributed by atoms with Crippen LogP contribution in [0.4, 0.5) is 17.1 Å². The summed E-state index contributed by atoms with van der Waals surface area (Å²) in [5, 5.41) is 0.991. The summed E-state index contributed by atoms with van der Waals surface area (Å²) < 4.78 is 3.45. The smallest absolute Gasteiger partial charge is 0.145 e. The molecule has 9 rings (SSSR count). The molecule has 0 unspecified atom stereocenters. The van der Waals surface area contributed by atoms with Crippen LogP contribution >= 0.6 is 11.3 Å². The first-order valence-corrected chi connectivity index (χ1v) is 16.4. The second-order valence-electron chi connectivity index (χ2n) is 12.3. The van der Waals surface area contributed by atoms with Crippen LogP contribution in [0.25, 0.3) is 48.9 Å². The van der Waals surface area contributed by atoms with Crippen molar-refractivity contribution < 1.29 is 0 Å². The monoisotopic (exact) mass is 610 g/mol. The Morgan fingerprint density at radius 1 is 0.543 bits per heavy atom. The van der Waals surface area contributed by atoms with E-state index in [0.717, 1.165) is 49.9 Å². The lowest BCUT2D eigenvalue weighted by molar-refractivity contribution is 0.632. The summed E-state index contributed by atoms with van der Waals surface area (Å²) in [5.41, 5.74) is 12.2. The third-order valence-electron chi connectivity index (χ3n) is 9.19. The number of hydrogen-bond donors (Lipinski definition) is 0. The number of anilines is 3. The fourth-order valence-electron chi connectivity index (χ4n) is 6.99. The van der Waals surface area contributed by atoms with Gasteiger partial charge in [0.2, 0.25) is 0 Å². The first-order valence-electron chi connectivity index (χ1n) is 15.6. The van der Waals surface area contributed by atoms with E-state index in [-0.39, 0.29) is 5.41 Å². The molecule has 0 fully saturated rings. The molecule has 1 aliphatic rings. The summed E-state index contributed by atoms with van der Waals surface area (Å²) >= 11 is 1.73. The Morgan fingerprint density at radius 3 is 1.89 bits per heavy atom. The molecule has 0 spiro atoms. The Balaban J connectivity index is 1.35. The van der Waals surface area contributed by atoms with Crippen LogP contribution in [0.3, 0.4) is 0 Å². The molecule has 1 aliphatic heterocycles. The molecule has 0 aliphatic carbocycles. The van der Waals surface area contributed by atoms with Crippen molar-refractivity contribution in [3.05, 3.63) is 157 Å². The summed E-state index contributed by atoms with van der Waals surface area (Å²) in [6.45, 7) is 4.65. The van der Waals surface area contributed by atoms with E-state index >= 15 is 0 Å². The zero-order chi connectivity index (χ0) is 30.8. The number of imidazole rings is 1. The molecule has 8 aromatic rings. The SMILES string of the molecule is CC1(C)c2ccccc2N(c2cc(-c3nc4ccccc4s3)cc(-c3nc4ccccc4n3-c3ccccc3)c2)c2ccccc21. The number of benzene rings is 6. The van der Waals surface area contributed by atoms with Gasteiger partial charge in [0, 0.05) is 27.9 Å². The fraction of sp³-hybridized carbons (Fsp3) is 0.0732. The molecule has 0 amide bonds. The minimum Gasteiger partial charge on any atom is -0.310 e. The molecule has 3 heterocycles. The lowest BCUT2D eigenvalue weighted by atomic mass is 9.73. The number of aromatic nitrogens is 3. The topological polar surface area (TPSA) is 34.0 Å². The highest BCUT2D eigenvalue weighted by molar-refractivity contribution is 7.21. The third-order valence-corrected chi connectivity index (χ3v) is 10.3. The van der Waals surface area contributed by atoms with Gasteiger partial charge in [-0.15, -0.1) is 11.3 Å². The van der Waals surface area contributed by atoms with E-state index in [9.17, 15) is 0 Å². The molecule has 0 radical (unpaired) electrons. The van der Waals surface area contributed by atoms with Gasteiger partial charge in [-0.05, 0) is 77.9 Å². The lowest BCUT2D eigenvalue weighted by Crippen LogP contribution is -2.30. The van der Waals surface area contributed by atoms with Gasteiger partial charge in [0.1, 0.15) is 10.8 Å². The Morgan fingerprint density at radius 2 is 1.15 bits per heavy atom. The highest BCUT2D eigenvalue weighted by Crippen LogP contribution is 2.52. The first-order chi connectivity index (χ1) is 22.6. The fourth-order valence-corrected chi connectivity index (χ4v) is 7.95. The van der Waals surface area contributed by atoms with Crippen molar-refractivity contribution in [1.29, 1.82) is 0 Å². The van der Waals surface area contributed by atoms with Crippen molar-refractivity contribution in [3.63, 3.8) is 0 Å². The standard InChI is InChI=1S/C41H30N4S/c1-41(2)31-16-6-10-20-35(31)44(36-21-11-7-17-32(36)41)30-25-27(24-28(26-30)40-43-34-19-9-13-23-38(34)46-40)39-42-33-18-8-12-22-37(33)45(39)29-14-4-3-5-15-29/h3-26H,1-2H3. The van der Waals surface area contributed by atoms with Crippen LogP contribution in [0.5, 0.6) is 0 Å². The van der Waals surface area contributed by atoms with E-state index in [1.165, 1.54) is 27.2 Å². The van der Waals surface area contributed by atoms with Gasteiger partial charge in [-0.3, -0.25) is 4.57 Å². The zero-order valence-corrected chi connectivity index (χ0v) is 26.4. The van der Waals surface area contributed by atoms with Gasteiger partial charge in [0.05, 0.1) is 32.6 Å².